The van der Waals surface area contributed by atoms with Gasteiger partial charge in [0, 0.05) is 27.4 Å². The van der Waals surface area contributed by atoms with Gasteiger partial charge in [0.1, 0.15) is 22.5 Å². The molecule has 0 aliphatic carbocycles. The molecule has 1 unspecified atom stereocenters. The van der Waals surface area contributed by atoms with E-state index in [0.717, 1.165) is 39.4 Å². The summed E-state index contributed by atoms with van der Waals surface area (Å²) in [5, 5.41) is 1.78. The SMILES string of the molecule is COc1ccc2oc3c(c2c1)CCN1C(=O)c2cc(Cl)cc(Cl)c2SC31. The molecule has 2 aromatic carbocycles. The summed E-state index contributed by atoms with van der Waals surface area (Å²) in [4.78, 5) is 15.6. The first-order valence-electron chi connectivity index (χ1n) is 8.13. The second-order valence-corrected chi connectivity index (χ2v) is 8.22. The van der Waals surface area contributed by atoms with E-state index in [1.165, 1.54) is 11.8 Å². The van der Waals surface area contributed by atoms with Crippen molar-refractivity contribution in [1.82, 2.24) is 4.90 Å². The Morgan fingerprint density at radius 3 is 2.92 bits per heavy atom. The minimum absolute atomic E-state index is 0.0585. The third-order valence-corrected chi connectivity index (χ3v) is 6.86. The van der Waals surface area contributed by atoms with E-state index in [9.17, 15) is 4.79 Å². The number of carbonyl (C=O) groups excluding carboxylic acids is 1. The second-order valence-electron chi connectivity index (χ2n) is 6.29. The monoisotopic (exact) mass is 405 g/mol. The van der Waals surface area contributed by atoms with Gasteiger partial charge in [-0.05, 0) is 36.8 Å². The fourth-order valence-electron chi connectivity index (χ4n) is 3.65. The Morgan fingerprint density at radius 1 is 1.27 bits per heavy atom. The van der Waals surface area contributed by atoms with Crippen molar-refractivity contribution in [2.75, 3.05) is 13.7 Å². The van der Waals surface area contributed by atoms with Gasteiger partial charge in [-0.1, -0.05) is 35.0 Å². The van der Waals surface area contributed by atoms with Crippen LogP contribution in [0.25, 0.3) is 11.0 Å². The highest BCUT2D eigenvalue weighted by molar-refractivity contribution is 7.99. The quantitative estimate of drug-likeness (QED) is 0.531. The number of furan rings is 1. The van der Waals surface area contributed by atoms with Crippen LogP contribution < -0.4 is 4.74 Å². The van der Waals surface area contributed by atoms with Crippen molar-refractivity contribution in [2.24, 2.45) is 0 Å². The van der Waals surface area contributed by atoms with Crippen molar-refractivity contribution in [3.8, 4) is 5.75 Å². The van der Waals surface area contributed by atoms with E-state index >= 15 is 0 Å². The lowest BCUT2D eigenvalue weighted by molar-refractivity contribution is 0.0701. The molecule has 2 aliphatic rings. The van der Waals surface area contributed by atoms with Gasteiger partial charge in [-0.3, -0.25) is 4.79 Å². The Hall–Kier alpha value is -1.82. The molecule has 0 saturated heterocycles. The second kappa shape index (κ2) is 5.84. The summed E-state index contributed by atoms with van der Waals surface area (Å²) in [6, 6.07) is 9.14. The maximum Gasteiger partial charge on any atom is 0.256 e. The molecule has 132 valence electrons. The van der Waals surface area contributed by atoms with Crippen molar-refractivity contribution < 1.29 is 13.9 Å². The van der Waals surface area contributed by atoms with Crippen LogP contribution in [0.1, 0.15) is 27.1 Å². The first-order valence-corrected chi connectivity index (χ1v) is 9.76. The summed E-state index contributed by atoms with van der Waals surface area (Å²) in [5.74, 6) is 1.55. The number of methoxy groups -OCH3 is 1. The molecule has 3 aromatic rings. The van der Waals surface area contributed by atoms with Gasteiger partial charge in [-0.15, -0.1) is 0 Å². The molecule has 4 nitrogen and oxygen atoms in total. The molecule has 26 heavy (non-hydrogen) atoms. The summed E-state index contributed by atoms with van der Waals surface area (Å²) in [6.45, 7) is 0.624. The number of ether oxygens (including phenoxy) is 1. The molecule has 1 atom stereocenters. The van der Waals surface area contributed by atoms with Crippen molar-refractivity contribution in [2.45, 2.75) is 16.7 Å². The topological polar surface area (TPSA) is 42.7 Å². The van der Waals surface area contributed by atoms with E-state index in [0.29, 0.717) is 22.2 Å². The molecule has 2 aliphatic heterocycles. The number of hydrogen-bond donors (Lipinski definition) is 0. The number of rotatable bonds is 1. The fourth-order valence-corrected chi connectivity index (χ4v) is 5.57. The van der Waals surface area contributed by atoms with Crippen LogP contribution in [0, 0.1) is 0 Å². The molecule has 0 radical (unpaired) electrons. The van der Waals surface area contributed by atoms with Crippen molar-refractivity contribution in [3.63, 3.8) is 0 Å². The lowest BCUT2D eigenvalue weighted by Crippen LogP contribution is -2.41. The Bertz CT molecular complexity index is 1080. The van der Waals surface area contributed by atoms with Crippen LogP contribution in [0.3, 0.4) is 0 Å². The van der Waals surface area contributed by atoms with Gasteiger partial charge in [0.05, 0.1) is 17.7 Å². The van der Waals surface area contributed by atoms with Gasteiger partial charge in [-0.2, -0.15) is 0 Å². The van der Waals surface area contributed by atoms with E-state index in [-0.39, 0.29) is 11.3 Å². The Kier molecular flexibility index (Phi) is 3.68. The lowest BCUT2D eigenvalue weighted by atomic mass is 10.0. The summed E-state index contributed by atoms with van der Waals surface area (Å²) in [5.41, 5.74) is 2.50. The van der Waals surface area contributed by atoms with Gasteiger partial charge in [-0.25, -0.2) is 0 Å². The van der Waals surface area contributed by atoms with Crippen LogP contribution in [0.15, 0.2) is 39.6 Å². The molecule has 5 rings (SSSR count). The molecule has 0 spiro atoms. The number of thioether (sulfide) groups is 1. The van der Waals surface area contributed by atoms with Crippen LogP contribution in [0.5, 0.6) is 5.75 Å². The number of hydrogen-bond acceptors (Lipinski definition) is 4. The van der Waals surface area contributed by atoms with E-state index in [1.807, 2.05) is 23.1 Å². The smallest absolute Gasteiger partial charge is 0.256 e. The minimum atomic E-state index is -0.226. The zero-order valence-corrected chi connectivity index (χ0v) is 16.0. The number of halogens is 2. The van der Waals surface area contributed by atoms with E-state index in [4.69, 9.17) is 32.4 Å². The van der Waals surface area contributed by atoms with Crippen molar-refractivity contribution in [1.29, 1.82) is 0 Å². The predicted molar refractivity (Wildman–Crippen MR) is 103 cm³/mol. The van der Waals surface area contributed by atoms with Crippen LogP contribution >= 0.6 is 35.0 Å². The highest BCUT2D eigenvalue weighted by Crippen LogP contribution is 2.52. The highest BCUT2D eigenvalue weighted by Gasteiger charge is 2.41. The van der Waals surface area contributed by atoms with E-state index in [1.54, 1.807) is 19.2 Å². The summed E-state index contributed by atoms with van der Waals surface area (Å²) >= 11 is 14.0. The average molecular weight is 406 g/mol. The molecular weight excluding hydrogens is 393 g/mol. The van der Waals surface area contributed by atoms with E-state index < -0.39 is 0 Å². The van der Waals surface area contributed by atoms with Crippen molar-refractivity contribution >= 4 is 51.8 Å². The third-order valence-electron chi connectivity index (χ3n) is 4.87. The summed E-state index contributed by atoms with van der Waals surface area (Å²) in [7, 11) is 1.65. The predicted octanol–water partition coefficient (Wildman–Crippen LogP) is 5.55. The standard InChI is InChI=1S/C19H13Cl2NO3S/c1-24-10-2-3-15-12(8-10)11-4-5-22-18(23)13-6-9(20)7-14(21)17(13)26-19(22)16(11)25-15/h2-3,6-8,19H,4-5H2,1H3. The van der Waals surface area contributed by atoms with Gasteiger partial charge >= 0.3 is 0 Å². The Morgan fingerprint density at radius 2 is 2.12 bits per heavy atom. The average Bonchev–Trinajstić information content (AvgIpc) is 3.01. The number of nitrogens with zero attached hydrogens (tertiary/aromatic N) is 1. The number of amides is 1. The van der Waals surface area contributed by atoms with Crippen LogP contribution in [0.4, 0.5) is 0 Å². The minimum Gasteiger partial charge on any atom is -0.497 e. The molecule has 1 aromatic heterocycles. The van der Waals surface area contributed by atoms with Crippen LogP contribution in [-0.2, 0) is 6.42 Å². The molecule has 0 fully saturated rings. The Balaban J connectivity index is 1.67. The molecule has 0 N–H and O–H groups in total. The first-order chi connectivity index (χ1) is 12.6. The summed E-state index contributed by atoms with van der Waals surface area (Å²) in [6.07, 6.45) is 0.738. The molecular formula is C19H13Cl2NO3S. The number of benzene rings is 2. The molecule has 0 bridgehead atoms. The number of fused-ring (bicyclic) bond motifs is 6. The van der Waals surface area contributed by atoms with Gasteiger partial charge in [0.15, 0.2) is 0 Å². The van der Waals surface area contributed by atoms with Gasteiger partial charge in [0.2, 0.25) is 0 Å². The van der Waals surface area contributed by atoms with Gasteiger partial charge < -0.3 is 14.1 Å². The molecule has 7 heteroatoms. The molecule has 3 heterocycles. The fraction of sp³-hybridized carbons (Fsp3) is 0.211. The van der Waals surface area contributed by atoms with Crippen LogP contribution in [-0.4, -0.2) is 24.5 Å². The molecule has 0 saturated carbocycles. The van der Waals surface area contributed by atoms with Crippen LogP contribution in [0.2, 0.25) is 10.0 Å². The largest absolute Gasteiger partial charge is 0.497 e. The van der Waals surface area contributed by atoms with Gasteiger partial charge in [0.25, 0.3) is 5.91 Å². The van der Waals surface area contributed by atoms with Crippen molar-refractivity contribution in [3.05, 3.63) is 57.3 Å². The molecule has 1 amide bonds. The summed E-state index contributed by atoms with van der Waals surface area (Å²) < 4.78 is 11.5. The Labute approximate surface area is 164 Å². The lowest BCUT2D eigenvalue weighted by Gasteiger charge is -2.38. The normalized spacial score (nSPS) is 18.5. The maximum absolute atomic E-state index is 13.0. The number of carbonyl (C=O) groups is 1. The first kappa shape index (κ1) is 16.4. The third kappa shape index (κ3) is 2.27. The zero-order chi connectivity index (χ0) is 18.0. The zero-order valence-electron chi connectivity index (χ0n) is 13.7. The maximum atomic E-state index is 13.0. The van der Waals surface area contributed by atoms with E-state index in [2.05, 4.69) is 0 Å². The highest BCUT2D eigenvalue weighted by atomic mass is 35.5.